The minimum absolute atomic E-state index is 0.0220. The van der Waals surface area contributed by atoms with E-state index in [0.29, 0.717) is 6.20 Å². The van der Waals surface area contributed by atoms with E-state index in [1.807, 2.05) is 6.07 Å². The Labute approximate surface area is 121 Å². The number of pyridine rings is 1. The third-order valence-electron chi connectivity index (χ3n) is 2.69. The van der Waals surface area contributed by atoms with Crippen LogP contribution >= 0.6 is 15.9 Å². The molecule has 2 aromatic rings. The highest BCUT2D eigenvalue weighted by molar-refractivity contribution is 9.10. The zero-order chi connectivity index (χ0) is 14.8. The second-order valence-corrected chi connectivity index (χ2v) is 4.98. The van der Waals surface area contributed by atoms with Crippen molar-refractivity contribution in [2.45, 2.75) is 12.6 Å². The highest BCUT2D eigenvalue weighted by Crippen LogP contribution is 2.28. The summed E-state index contributed by atoms with van der Waals surface area (Å²) in [6, 6.07) is 9.12. The van der Waals surface area contributed by atoms with Crippen molar-refractivity contribution < 1.29 is 18.0 Å². The number of rotatable bonds is 3. The quantitative estimate of drug-likeness (QED) is 0.778. The van der Waals surface area contributed by atoms with E-state index in [9.17, 15) is 18.0 Å². The average molecular weight is 344 g/mol. The van der Waals surface area contributed by atoms with Gasteiger partial charge in [-0.25, -0.2) is 0 Å². The van der Waals surface area contributed by atoms with Crippen LogP contribution in [-0.4, -0.2) is 10.8 Å². The lowest BCUT2D eigenvalue weighted by molar-refractivity contribution is -0.137. The zero-order valence-corrected chi connectivity index (χ0v) is 11.7. The molecule has 0 atom stereocenters. The van der Waals surface area contributed by atoms with Gasteiger partial charge in [0.2, 0.25) is 0 Å². The average Bonchev–Trinajstić information content (AvgIpc) is 2.40. The number of carbonyl (C=O) groups is 1. The Morgan fingerprint density at radius 2 is 1.85 bits per heavy atom. The number of carbonyl (C=O) groups excluding carboxylic acids is 1. The van der Waals surface area contributed by atoms with Gasteiger partial charge in [-0.2, -0.15) is 13.2 Å². The monoisotopic (exact) mass is 343 g/mol. The molecule has 2 nitrogen and oxygen atoms in total. The second-order valence-electron chi connectivity index (χ2n) is 4.12. The topological polar surface area (TPSA) is 30.0 Å². The predicted molar refractivity (Wildman–Crippen MR) is 71.4 cm³/mol. The fraction of sp³-hybridized carbons (Fsp3) is 0.143. The molecule has 0 bridgehead atoms. The number of Topliss-reactive ketones (excluding diaryl/α,β-unsaturated/α-hetero) is 1. The minimum Gasteiger partial charge on any atom is -0.292 e. The van der Waals surface area contributed by atoms with Gasteiger partial charge in [0.15, 0.2) is 5.78 Å². The van der Waals surface area contributed by atoms with Gasteiger partial charge in [-0.3, -0.25) is 9.78 Å². The van der Waals surface area contributed by atoms with Gasteiger partial charge in [0.25, 0.3) is 0 Å². The van der Waals surface area contributed by atoms with Crippen LogP contribution in [0.4, 0.5) is 13.2 Å². The van der Waals surface area contributed by atoms with Crippen LogP contribution in [0.5, 0.6) is 0 Å². The van der Waals surface area contributed by atoms with Crippen molar-refractivity contribution in [2.75, 3.05) is 0 Å². The Morgan fingerprint density at radius 1 is 1.15 bits per heavy atom. The van der Waals surface area contributed by atoms with Gasteiger partial charge in [-0.1, -0.05) is 34.1 Å². The number of benzene rings is 1. The number of nitrogens with zero attached hydrogens (tertiary/aromatic N) is 1. The summed E-state index contributed by atoms with van der Waals surface area (Å²) in [7, 11) is 0. The van der Waals surface area contributed by atoms with Crippen LogP contribution in [0.15, 0.2) is 47.1 Å². The lowest BCUT2D eigenvalue weighted by Crippen LogP contribution is -2.10. The van der Waals surface area contributed by atoms with Crippen molar-refractivity contribution in [1.82, 2.24) is 4.98 Å². The van der Waals surface area contributed by atoms with E-state index in [-0.39, 0.29) is 17.9 Å². The molecule has 0 aliphatic carbocycles. The van der Waals surface area contributed by atoms with Crippen molar-refractivity contribution >= 4 is 21.7 Å². The molecule has 0 saturated heterocycles. The zero-order valence-electron chi connectivity index (χ0n) is 10.1. The molecule has 0 aliphatic rings. The lowest BCUT2D eigenvalue weighted by Gasteiger charge is -2.07. The molecule has 0 N–H and O–H groups in total. The summed E-state index contributed by atoms with van der Waals surface area (Å²) in [5.74, 6) is -0.328. The maximum Gasteiger partial charge on any atom is 0.417 e. The first-order chi connectivity index (χ1) is 9.38. The first-order valence-electron chi connectivity index (χ1n) is 5.68. The lowest BCUT2D eigenvalue weighted by atomic mass is 10.1. The van der Waals surface area contributed by atoms with Gasteiger partial charge >= 0.3 is 6.18 Å². The van der Waals surface area contributed by atoms with Gasteiger partial charge in [0, 0.05) is 17.1 Å². The molecule has 1 heterocycles. The molecule has 2 rings (SSSR count). The van der Waals surface area contributed by atoms with E-state index in [2.05, 4.69) is 20.9 Å². The van der Waals surface area contributed by atoms with Gasteiger partial charge in [-0.05, 0) is 23.8 Å². The van der Waals surface area contributed by atoms with E-state index >= 15 is 0 Å². The summed E-state index contributed by atoms with van der Waals surface area (Å²) < 4.78 is 37.9. The second kappa shape index (κ2) is 5.75. The standard InChI is InChI=1S/C14H9BrF3NO/c15-11-4-2-1-3-9(11)7-13(20)12-6-5-10(8-19-12)14(16,17)18/h1-6,8H,7H2. The van der Waals surface area contributed by atoms with Crippen LogP contribution in [0.25, 0.3) is 0 Å². The van der Waals surface area contributed by atoms with Crippen molar-refractivity contribution in [2.24, 2.45) is 0 Å². The van der Waals surface area contributed by atoms with Crippen molar-refractivity contribution in [3.05, 3.63) is 63.9 Å². The Hall–Kier alpha value is -1.69. The molecule has 0 spiro atoms. The van der Waals surface area contributed by atoms with Gasteiger partial charge in [-0.15, -0.1) is 0 Å². The molecule has 20 heavy (non-hydrogen) atoms. The summed E-state index contributed by atoms with van der Waals surface area (Å²) in [4.78, 5) is 15.5. The molecule has 0 unspecified atom stereocenters. The predicted octanol–water partition coefficient (Wildman–Crippen LogP) is 4.29. The SMILES string of the molecule is O=C(Cc1ccccc1Br)c1ccc(C(F)(F)F)cn1. The van der Waals surface area contributed by atoms with Crippen LogP contribution in [0.2, 0.25) is 0 Å². The third-order valence-corrected chi connectivity index (χ3v) is 3.46. The highest BCUT2D eigenvalue weighted by atomic mass is 79.9. The number of aromatic nitrogens is 1. The van der Waals surface area contributed by atoms with E-state index < -0.39 is 11.7 Å². The van der Waals surface area contributed by atoms with Crippen molar-refractivity contribution in [3.8, 4) is 0 Å². The van der Waals surface area contributed by atoms with E-state index in [4.69, 9.17) is 0 Å². The first kappa shape index (κ1) is 14.7. The number of hydrogen-bond acceptors (Lipinski definition) is 2. The molecule has 1 aromatic carbocycles. The molecule has 0 radical (unpaired) electrons. The van der Waals surface area contributed by atoms with E-state index in [0.717, 1.165) is 22.2 Å². The van der Waals surface area contributed by atoms with Crippen LogP contribution in [-0.2, 0) is 12.6 Å². The summed E-state index contributed by atoms with van der Waals surface area (Å²) in [5, 5.41) is 0. The normalized spacial score (nSPS) is 11.4. The first-order valence-corrected chi connectivity index (χ1v) is 6.47. The molecule has 0 fully saturated rings. The maximum atomic E-state index is 12.4. The Kier molecular flexibility index (Phi) is 4.23. The molecule has 6 heteroatoms. The summed E-state index contributed by atoms with van der Waals surface area (Å²) >= 11 is 3.31. The molecular formula is C14H9BrF3NO. The molecule has 0 aliphatic heterocycles. The van der Waals surface area contributed by atoms with Crippen LogP contribution in [0.1, 0.15) is 21.6 Å². The Morgan fingerprint density at radius 3 is 2.40 bits per heavy atom. The fourth-order valence-corrected chi connectivity index (χ4v) is 2.06. The van der Waals surface area contributed by atoms with Gasteiger partial charge < -0.3 is 0 Å². The number of ketones is 1. The highest BCUT2D eigenvalue weighted by Gasteiger charge is 2.30. The third kappa shape index (κ3) is 3.45. The smallest absolute Gasteiger partial charge is 0.292 e. The number of hydrogen-bond donors (Lipinski definition) is 0. The minimum atomic E-state index is -4.45. The summed E-state index contributed by atoms with van der Waals surface area (Å²) in [6.07, 6.45) is -3.69. The van der Waals surface area contributed by atoms with E-state index in [1.54, 1.807) is 18.2 Å². The van der Waals surface area contributed by atoms with Crippen LogP contribution in [0.3, 0.4) is 0 Å². The van der Waals surface area contributed by atoms with Crippen molar-refractivity contribution in [1.29, 1.82) is 0 Å². The molecular weight excluding hydrogens is 335 g/mol. The van der Waals surface area contributed by atoms with Crippen LogP contribution < -0.4 is 0 Å². The van der Waals surface area contributed by atoms with Crippen molar-refractivity contribution in [3.63, 3.8) is 0 Å². The summed E-state index contributed by atoms with van der Waals surface area (Å²) in [5.41, 5.74) is -0.0807. The van der Waals surface area contributed by atoms with Gasteiger partial charge in [0.05, 0.1) is 5.56 Å². The molecule has 0 amide bonds. The molecule has 104 valence electrons. The number of halogens is 4. The summed E-state index contributed by atoms with van der Waals surface area (Å²) in [6.45, 7) is 0. The Bertz CT molecular complexity index is 623. The van der Waals surface area contributed by atoms with Crippen LogP contribution in [0, 0.1) is 0 Å². The largest absolute Gasteiger partial charge is 0.417 e. The molecule has 1 aromatic heterocycles. The fourth-order valence-electron chi connectivity index (χ4n) is 1.63. The van der Waals surface area contributed by atoms with Gasteiger partial charge in [0.1, 0.15) is 5.69 Å². The Balaban J connectivity index is 2.16. The molecule has 0 saturated carbocycles. The van der Waals surface area contributed by atoms with E-state index in [1.165, 1.54) is 0 Å². The maximum absolute atomic E-state index is 12.4. The number of alkyl halides is 3.